The van der Waals surface area contributed by atoms with Gasteiger partial charge in [-0.25, -0.2) is 11.6 Å². The van der Waals surface area contributed by atoms with Gasteiger partial charge in [0.1, 0.15) is 0 Å². The van der Waals surface area contributed by atoms with Gasteiger partial charge >= 0.3 is 21.7 Å². The summed E-state index contributed by atoms with van der Waals surface area (Å²) >= 11 is 0. The predicted molar refractivity (Wildman–Crippen MR) is 170 cm³/mol. The zero-order chi connectivity index (χ0) is 28.4. The van der Waals surface area contributed by atoms with Crippen molar-refractivity contribution in [3.05, 3.63) is 192 Å². The number of benzene rings is 4. The Kier molecular flexibility index (Phi) is 31.3. The Morgan fingerprint density at radius 2 is 0.833 bits per heavy atom. The summed E-state index contributed by atoms with van der Waals surface area (Å²) in [5.41, 5.74) is 4.39. The summed E-state index contributed by atoms with van der Waals surface area (Å²) in [6.07, 6.45) is 3.44. The van der Waals surface area contributed by atoms with E-state index in [0.717, 1.165) is 8.19 Å². The van der Waals surface area contributed by atoms with E-state index >= 15 is 0 Å². The molecule has 42 heavy (non-hydrogen) atoms. The Morgan fingerprint density at radius 3 is 0.905 bits per heavy atom. The SMILES string of the molecule is CC1=[C-]C(C)(C)C(C)=C1C.[Cl-].[Cl-].[Ti+2].[c-]1ccc[pH]1.[c-]1ccccc1.[c-]1ccccc1.[c-]1ccccc1.[c-]1ccccc1. The van der Waals surface area contributed by atoms with Gasteiger partial charge in [0.15, 0.2) is 0 Å². The predicted octanol–water partition coefficient (Wildman–Crippen LogP) is 4.58. The zero-order valence-corrected chi connectivity index (χ0v) is 29.1. The largest absolute Gasteiger partial charge is 2.00 e. The van der Waals surface area contributed by atoms with E-state index in [1.165, 1.54) is 16.7 Å². The van der Waals surface area contributed by atoms with Gasteiger partial charge in [-0.15, -0.1) is 6.92 Å². The van der Waals surface area contributed by atoms with E-state index in [1.807, 2.05) is 133 Å². The molecule has 0 saturated carbocycles. The molecule has 0 bridgehead atoms. The second-order valence-electron chi connectivity index (χ2n) is 8.75. The molecule has 0 nitrogen and oxygen atoms in total. The molecule has 1 aliphatic rings. The van der Waals surface area contributed by atoms with Gasteiger partial charge in [-0.2, -0.15) is 174 Å². The summed E-state index contributed by atoms with van der Waals surface area (Å²) in [6.45, 7) is 10.9. The van der Waals surface area contributed by atoms with Gasteiger partial charge in [0.2, 0.25) is 0 Å². The van der Waals surface area contributed by atoms with E-state index in [-0.39, 0.29) is 51.9 Å². The summed E-state index contributed by atoms with van der Waals surface area (Å²) in [5.74, 6) is 5.11. The standard InChI is InChI=1S/C10H15.4C6H5.C4H4P.2ClH.Ti/c1-7-6-10(4,5)9(3)8(7)2;4*1-2-4-6-5-3-1;1-2-4-5-3-1;;;/h1-5H3;4*1-5H;1-3,5H;2*1H;/q6*-1;;;+2/p-2. The van der Waals surface area contributed by atoms with Crippen LogP contribution in [-0.4, -0.2) is 0 Å². The van der Waals surface area contributed by atoms with Gasteiger partial charge in [-0.1, -0.05) is 33.1 Å². The molecule has 5 aromatic rings. The maximum Gasteiger partial charge on any atom is 2.00 e. The fraction of sp³-hybridized carbons (Fsp3) is 0.158. The first-order valence-electron chi connectivity index (χ1n) is 12.9. The summed E-state index contributed by atoms with van der Waals surface area (Å²) in [4.78, 5) is 0. The minimum Gasteiger partial charge on any atom is -1.00 e. The van der Waals surface area contributed by atoms with E-state index in [0.29, 0.717) is 0 Å². The Hall–Kier alpha value is -2.57. The van der Waals surface area contributed by atoms with Crippen molar-refractivity contribution in [2.45, 2.75) is 34.6 Å². The molecule has 220 valence electrons. The molecule has 1 aromatic heterocycles. The van der Waals surface area contributed by atoms with Gasteiger partial charge in [0, 0.05) is 0 Å². The van der Waals surface area contributed by atoms with Crippen molar-refractivity contribution in [3.8, 4) is 0 Å². The summed E-state index contributed by atoms with van der Waals surface area (Å²) < 4.78 is 0. The zero-order valence-electron chi connectivity index (χ0n) is 25.0. The van der Waals surface area contributed by atoms with Crippen molar-refractivity contribution < 1.29 is 46.5 Å². The van der Waals surface area contributed by atoms with Crippen LogP contribution in [0.15, 0.2) is 156 Å². The molecule has 0 aliphatic heterocycles. The minimum absolute atomic E-state index is 0. The summed E-state index contributed by atoms with van der Waals surface area (Å²) in [7, 11) is 0.823. The molecule has 0 saturated heterocycles. The van der Waals surface area contributed by atoms with Crippen LogP contribution in [0, 0.1) is 41.6 Å². The molecular weight excluding hydrogens is 606 g/mol. The van der Waals surface area contributed by atoms with Gasteiger partial charge in [-0.3, -0.25) is 14.3 Å². The van der Waals surface area contributed by atoms with Gasteiger partial charge in [0.05, 0.1) is 0 Å². The van der Waals surface area contributed by atoms with Crippen LogP contribution < -0.4 is 24.8 Å². The average Bonchev–Trinajstić information content (AvgIpc) is 3.66. The number of hydrogen-bond donors (Lipinski definition) is 0. The van der Waals surface area contributed by atoms with Crippen LogP contribution in [0.25, 0.3) is 0 Å². The van der Waals surface area contributed by atoms with Crippen molar-refractivity contribution in [2.24, 2.45) is 5.41 Å². The van der Waals surface area contributed by atoms with Crippen molar-refractivity contribution in [3.63, 3.8) is 0 Å². The first-order chi connectivity index (χ1) is 18.9. The Morgan fingerprint density at radius 1 is 0.500 bits per heavy atom. The van der Waals surface area contributed by atoms with Crippen molar-refractivity contribution in [2.75, 3.05) is 0 Å². The Bertz CT molecular complexity index is 974. The molecule has 4 heteroatoms. The van der Waals surface area contributed by atoms with Crippen molar-refractivity contribution in [1.29, 1.82) is 0 Å². The fourth-order valence-electron chi connectivity index (χ4n) is 3.01. The topological polar surface area (TPSA) is 0 Å². The van der Waals surface area contributed by atoms with Crippen LogP contribution >= 0.6 is 8.19 Å². The molecule has 0 amide bonds. The molecule has 1 aliphatic carbocycles. The van der Waals surface area contributed by atoms with Crippen LogP contribution in [0.4, 0.5) is 0 Å². The third-order valence-electron chi connectivity index (χ3n) is 5.43. The molecule has 0 radical (unpaired) electrons. The fourth-order valence-corrected chi connectivity index (χ4v) is 3.50. The summed E-state index contributed by atoms with van der Waals surface area (Å²) in [5, 5.41) is 0. The molecule has 0 spiro atoms. The third-order valence-corrected chi connectivity index (χ3v) is 6.13. The minimum atomic E-state index is 0. The van der Waals surface area contributed by atoms with Crippen LogP contribution in [0.5, 0.6) is 0 Å². The number of halogens is 2. The average molecular weight is 645 g/mol. The monoisotopic (exact) mass is 644 g/mol. The van der Waals surface area contributed by atoms with E-state index < -0.39 is 0 Å². The normalized spacial score (nSPS) is 11.3. The molecule has 4 aromatic carbocycles. The number of hydrogen-bond acceptors (Lipinski definition) is 0. The molecular formula is C38H39Cl2PTi-6. The third kappa shape index (κ3) is 24.1. The maximum absolute atomic E-state index is 3.44. The quantitative estimate of drug-likeness (QED) is 0.171. The maximum atomic E-state index is 3.44. The molecule has 1 heterocycles. The first kappa shape index (κ1) is 43.9. The van der Waals surface area contributed by atoms with Gasteiger partial charge < -0.3 is 24.8 Å². The van der Waals surface area contributed by atoms with Crippen molar-refractivity contribution >= 4 is 8.19 Å². The van der Waals surface area contributed by atoms with E-state index in [9.17, 15) is 0 Å². The first-order valence-corrected chi connectivity index (χ1v) is 14.0. The molecule has 6 rings (SSSR count). The van der Waals surface area contributed by atoms with Gasteiger partial charge in [0.25, 0.3) is 0 Å². The van der Waals surface area contributed by atoms with Crippen LogP contribution in [0.2, 0.25) is 0 Å². The Balaban J connectivity index is -0.000000435. The molecule has 0 N–H and O–H groups in total. The van der Waals surface area contributed by atoms with E-state index in [4.69, 9.17) is 0 Å². The second-order valence-corrected chi connectivity index (χ2v) is 9.66. The van der Waals surface area contributed by atoms with E-state index in [2.05, 4.69) is 76.6 Å². The Labute approximate surface area is 285 Å². The smallest absolute Gasteiger partial charge is 1.00 e. The number of allylic oxidation sites excluding steroid dienone is 4. The molecule has 1 unspecified atom stereocenters. The van der Waals surface area contributed by atoms with E-state index in [1.54, 1.807) is 0 Å². The second kappa shape index (κ2) is 29.9. The van der Waals surface area contributed by atoms with Gasteiger partial charge in [-0.05, 0) is 0 Å². The van der Waals surface area contributed by atoms with Crippen LogP contribution in [-0.2, 0) is 21.7 Å². The van der Waals surface area contributed by atoms with Crippen molar-refractivity contribution in [1.82, 2.24) is 0 Å². The van der Waals surface area contributed by atoms with Crippen LogP contribution in [0.1, 0.15) is 34.6 Å². The molecule has 0 fully saturated rings. The summed E-state index contributed by atoms with van der Waals surface area (Å²) in [6, 6.07) is 54.0. The molecule has 1 atom stereocenters. The van der Waals surface area contributed by atoms with Crippen LogP contribution in [0.3, 0.4) is 0 Å². The number of rotatable bonds is 0.